The number of nitrogens with zero attached hydrogens (tertiary/aromatic N) is 4. The van der Waals surface area contributed by atoms with Gasteiger partial charge in [-0.2, -0.15) is 5.26 Å². The second kappa shape index (κ2) is 4.65. The Morgan fingerprint density at radius 1 is 1.53 bits per heavy atom. The minimum absolute atomic E-state index is 0.164. The topological polar surface area (TPSA) is 88.1 Å². The van der Waals surface area contributed by atoms with E-state index in [0.717, 1.165) is 13.1 Å². The Kier molecular flexibility index (Phi) is 3.22. The number of rotatable bonds is 1. The number of hydrogen-bond donors (Lipinski definition) is 1. The van der Waals surface area contributed by atoms with Crippen molar-refractivity contribution in [2.45, 2.75) is 13.0 Å². The summed E-state index contributed by atoms with van der Waals surface area (Å²) in [5, 5.41) is 8.89. The Morgan fingerprint density at radius 3 is 2.88 bits per heavy atom. The van der Waals surface area contributed by atoms with Crippen molar-refractivity contribution in [3.8, 4) is 6.07 Å². The number of aryl methyl sites for hydroxylation is 1. The summed E-state index contributed by atoms with van der Waals surface area (Å²) in [5.74, 6) is 0.789. The van der Waals surface area contributed by atoms with Gasteiger partial charge in [0.05, 0.1) is 12.3 Å². The van der Waals surface area contributed by atoms with Gasteiger partial charge in [-0.05, 0) is 14.0 Å². The van der Waals surface area contributed by atoms with E-state index in [1.807, 2.05) is 13.1 Å². The van der Waals surface area contributed by atoms with Crippen LogP contribution in [-0.4, -0.2) is 41.6 Å². The summed E-state index contributed by atoms with van der Waals surface area (Å²) in [6, 6.07) is 2.00. The molecule has 1 aromatic heterocycles. The third kappa shape index (κ3) is 2.35. The highest BCUT2D eigenvalue weighted by molar-refractivity contribution is 5.50. The van der Waals surface area contributed by atoms with Crippen molar-refractivity contribution in [1.29, 1.82) is 5.26 Å². The molecule has 2 N–H and O–H groups in total. The lowest BCUT2D eigenvalue weighted by Gasteiger charge is -2.29. The fourth-order valence-corrected chi connectivity index (χ4v) is 1.83. The number of ether oxygens (including phenoxy) is 1. The van der Waals surface area contributed by atoms with Gasteiger partial charge in [0.25, 0.3) is 0 Å². The number of aromatic nitrogens is 2. The highest BCUT2D eigenvalue weighted by Crippen LogP contribution is 2.21. The third-order valence-corrected chi connectivity index (χ3v) is 2.80. The first-order chi connectivity index (χ1) is 8.11. The summed E-state index contributed by atoms with van der Waals surface area (Å²) in [6.07, 6.45) is -0.164. The molecule has 6 nitrogen and oxygen atoms in total. The van der Waals surface area contributed by atoms with E-state index in [4.69, 9.17) is 15.7 Å². The fraction of sp³-hybridized carbons (Fsp3) is 0.545. The van der Waals surface area contributed by atoms with Gasteiger partial charge in [-0.25, -0.2) is 9.97 Å². The van der Waals surface area contributed by atoms with Crippen molar-refractivity contribution in [3.05, 3.63) is 17.1 Å². The molecule has 0 spiro atoms. The van der Waals surface area contributed by atoms with Gasteiger partial charge < -0.3 is 15.4 Å². The largest absolute Gasteiger partial charge is 0.382 e. The highest BCUT2D eigenvalue weighted by atomic mass is 16.5. The highest BCUT2D eigenvalue weighted by Gasteiger charge is 2.23. The van der Waals surface area contributed by atoms with Crippen LogP contribution in [0.25, 0.3) is 0 Å². The lowest BCUT2D eigenvalue weighted by molar-refractivity contribution is -0.0254. The second-order valence-electron chi connectivity index (χ2n) is 4.16. The first-order valence-electron chi connectivity index (χ1n) is 5.46. The third-order valence-electron chi connectivity index (χ3n) is 2.80. The first-order valence-corrected chi connectivity index (χ1v) is 5.46. The van der Waals surface area contributed by atoms with Gasteiger partial charge >= 0.3 is 0 Å². The Balaban J connectivity index is 2.31. The Hall–Kier alpha value is -1.71. The van der Waals surface area contributed by atoms with Crippen LogP contribution in [0.2, 0.25) is 0 Å². The summed E-state index contributed by atoms with van der Waals surface area (Å²) in [4.78, 5) is 10.6. The summed E-state index contributed by atoms with van der Waals surface area (Å²) in [6.45, 7) is 4.06. The molecule has 0 bridgehead atoms. The fourth-order valence-electron chi connectivity index (χ4n) is 1.83. The number of nitrogen functional groups attached to an aromatic ring is 1. The average Bonchev–Trinajstić information content (AvgIpc) is 2.28. The predicted octanol–water partition coefficient (Wildman–Crippen LogP) is 0.242. The van der Waals surface area contributed by atoms with Crippen LogP contribution < -0.4 is 5.73 Å². The van der Waals surface area contributed by atoms with Crippen molar-refractivity contribution in [1.82, 2.24) is 14.9 Å². The summed E-state index contributed by atoms with van der Waals surface area (Å²) < 4.78 is 5.61. The van der Waals surface area contributed by atoms with E-state index in [1.165, 1.54) is 0 Å². The molecule has 6 heteroatoms. The van der Waals surface area contributed by atoms with Crippen LogP contribution in [0, 0.1) is 18.3 Å². The number of nitrogens with two attached hydrogens (primary N) is 1. The number of hydrogen-bond acceptors (Lipinski definition) is 6. The van der Waals surface area contributed by atoms with Gasteiger partial charge in [-0.15, -0.1) is 0 Å². The van der Waals surface area contributed by atoms with Gasteiger partial charge in [-0.1, -0.05) is 0 Å². The maximum atomic E-state index is 8.89. The normalized spacial score (nSPS) is 21.1. The molecule has 1 saturated heterocycles. The van der Waals surface area contributed by atoms with Gasteiger partial charge in [-0.3, -0.25) is 0 Å². The van der Waals surface area contributed by atoms with Crippen LogP contribution in [0.5, 0.6) is 0 Å². The molecule has 0 radical (unpaired) electrons. The molecule has 1 atom stereocenters. The van der Waals surface area contributed by atoms with E-state index in [-0.39, 0.29) is 11.9 Å². The Bertz CT molecular complexity index is 444. The summed E-state index contributed by atoms with van der Waals surface area (Å²) >= 11 is 0. The number of likely N-dealkylation sites (N-methyl/N-ethyl adjacent to an activating group) is 1. The van der Waals surface area contributed by atoms with Crippen LogP contribution in [-0.2, 0) is 4.74 Å². The molecule has 1 aromatic rings. The number of morpholine rings is 1. The van der Waals surface area contributed by atoms with Crippen LogP contribution in [0.15, 0.2) is 0 Å². The quantitative estimate of drug-likeness (QED) is 0.747. The van der Waals surface area contributed by atoms with Crippen LogP contribution >= 0.6 is 0 Å². The van der Waals surface area contributed by atoms with E-state index in [2.05, 4.69) is 14.9 Å². The van der Waals surface area contributed by atoms with Gasteiger partial charge in [0.15, 0.2) is 5.82 Å². The molecular weight excluding hydrogens is 218 g/mol. The number of anilines is 1. The average molecular weight is 233 g/mol. The van der Waals surface area contributed by atoms with E-state index in [9.17, 15) is 0 Å². The molecule has 90 valence electrons. The van der Waals surface area contributed by atoms with E-state index < -0.39 is 0 Å². The molecule has 17 heavy (non-hydrogen) atoms. The molecule has 2 rings (SSSR count). The van der Waals surface area contributed by atoms with E-state index >= 15 is 0 Å². The van der Waals surface area contributed by atoms with Gasteiger partial charge in [0.2, 0.25) is 0 Å². The zero-order valence-electron chi connectivity index (χ0n) is 9.97. The molecule has 0 saturated carbocycles. The second-order valence-corrected chi connectivity index (χ2v) is 4.16. The predicted molar refractivity (Wildman–Crippen MR) is 62.1 cm³/mol. The van der Waals surface area contributed by atoms with Crippen LogP contribution in [0.3, 0.4) is 0 Å². The van der Waals surface area contributed by atoms with Crippen LogP contribution in [0.1, 0.15) is 23.2 Å². The Morgan fingerprint density at radius 2 is 2.29 bits per heavy atom. The lowest BCUT2D eigenvalue weighted by Crippen LogP contribution is -2.36. The molecule has 0 aromatic carbocycles. The Labute approximate surface area is 100 Å². The summed E-state index contributed by atoms with van der Waals surface area (Å²) in [7, 11) is 2.02. The van der Waals surface area contributed by atoms with Crippen molar-refractivity contribution in [2.24, 2.45) is 0 Å². The summed E-state index contributed by atoms with van der Waals surface area (Å²) in [5.41, 5.74) is 6.68. The van der Waals surface area contributed by atoms with Crippen molar-refractivity contribution in [3.63, 3.8) is 0 Å². The molecule has 2 heterocycles. The van der Waals surface area contributed by atoms with E-state index in [1.54, 1.807) is 6.92 Å². The molecule has 1 fully saturated rings. The molecule has 1 aliphatic heterocycles. The minimum atomic E-state index is -0.164. The molecule has 1 aliphatic rings. The van der Waals surface area contributed by atoms with Crippen molar-refractivity contribution in [2.75, 3.05) is 32.5 Å². The number of nitriles is 1. The minimum Gasteiger partial charge on any atom is -0.382 e. The molecule has 0 amide bonds. The van der Waals surface area contributed by atoms with E-state index in [0.29, 0.717) is 23.7 Å². The van der Waals surface area contributed by atoms with Crippen LogP contribution in [0.4, 0.5) is 5.82 Å². The SMILES string of the molecule is Cc1nc(C2CN(C)CCO2)nc(N)c1C#N. The standard InChI is InChI=1S/C11H15N5O/c1-7-8(5-12)10(13)15-11(14-7)9-6-16(2)3-4-17-9/h9H,3-4,6H2,1-2H3,(H2,13,14,15). The molecular formula is C11H15N5O. The van der Waals surface area contributed by atoms with Crippen molar-refractivity contribution >= 4 is 5.82 Å². The monoisotopic (exact) mass is 233 g/mol. The lowest BCUT2D eigenvalue weighted by atomic mass is 10.2. The van der Waals surface area contributed by atoms with Crippen molar-refractivity contribution < 1.29 is 4.74 Å². The van der Waals surface area contributed by atoms with Gasteiger partial charge in [0, 0.05) is 13.1 Å². The zero-order valence-corrected chi connectivity index (χ0v) is 9.97. The maximum absolute atomic E-state index is 8.89. The smallest absolute Gasteiger partial charge is 0.161 e. The maximum Gasteiger partial charge on any atom is 0.161 e. The molecule has 0 aliphatic carbocycles. The first kappa shape index (κ1) is 11.8. The zero-order chi connectivity index (χ0) is 12.4. The van der Waals surface area contributed by atoms with Gasteiger partial charge in [0.1, 0.15) is 23.6 Å². The molecule has 1 unspecified atom stereocenters.